The number of hydrogen-bond acceptors (Lipinski definition) is 2. The molecule has 0 unspecified atom stereocenters. The first-order chi connectivity index (χ1) is 26.8. The van der Waals surface area contributed by atoms with Gasteiger partial charge in [-0.2, -0.15) is 0 Å². The number of benzene rings is 10. The van der Waals surface area contributed by atoms with Crippen LogP contribution in [0.25, 0.3) is 117 Å². The molecule has 2 heteroatoms. The second kappa shape index (κ2) is 11.6. The molecular formula is C52H30S2. The molecule has 0 aliphatic rings. The van der Waals surface area contributed by atoms with Crippen molar-refractivity contribution in [3.05, 3.63) is 182 Å². The van der Waals surface area contributed by atoms with E-state index in [0.29, 0.717) is 0 Å². The zero-order chi connectivity index (χ0) is 35.3. The Hall–Kier alpha value is -6.32. The van der Waals surface area contributed by atoms with E-state index in [1.54, 1.807) is 0 Å². The quantitative estimate of drug-likeness (QED) is 0.160. The van der Waals surface area contributed by atoms with Crippen molar-refractivity contribution in [3.8, 4) is 33.4 Å². The number of fused-ring (bicyclic) bond motifs is 12. The van der Waals surface area contributed by atoms with Gasteiger partial charge in [0.05, 0.1) is 9.40 Å². The molecule has 0 saturated heterocycles. The summed E-state index contributed by atoms with van der Waals surface area (Å²) in [4.78, 5) is 0. The van der Waals surface area contributed by atoms with Crippen molar-refractivity contribution in [2.45, 2.75) is 0 Å². The molecule has 0 spiro atoms. The predicted octanol–water partition coefficient (Wildman–Crippen LogP) is 16.0. The van der Waals surface area contributed by atoms with Gasteiger partial charge in [0.1, 0.15) is 0 Å². The summed E-state index contributed by atoms with van der Waals surface area (Å²) in [6, 6.07) is 67.7. The lowest BCUT2D eigenvalue weighted by Gasteiger charge is -2.19. The van der Waals surface area contributed by atoms with E-state index in [1.807, 2.05) is 22.7 Å². The maximum absolute atomic E-state index is 2.47. The van der Waals surface area contributed by atoms with Crippen LogP contribution in [0.4, 0.5) is 0 Å². The lowest BCUT2D eigenvalue weighted by Crippen LogP contribution is -1.92. The Bertz CT molecular complexity index is 3440. The molecule has 54 heavy (non-hydrogen) atoms. The van der Waals surface area contributed by atoms with Gasteiger partial charge in [-0.15, -0.1) is 22.7 Å². The Morgan fingerprint density at radius 3 is 1.54 bits per heavy atom. The average molecular weight is 719 g/mol. The highest BCUT2D eigenvalue weighted by atomic mass is 32.1. The molecule has 12 rings (SSSR count). The van der Waals surface area contributed by atoms with Gasteiger partial charge in [-0.1, -0.05) is 164 Å². The summed E-state index contributed by atoms with van der Waals surface area (Å²) in [6.07, 6.45) is 0. The van der Waals surface area contributed by atoms with Crippen molar-refractivity contribution in [1.29, 1.82) is 0 Å². The van der Waals surface area contributed by atoms with Crippen LogP contribution in [0.2, 0.25) is 0 Å². The van der Waals surface area contributed by atoms with Gasteiger partial charge in [0.15, 0.2) is 0 Å². The van der Waals surface area contributed by atoms with Crippen molar-refractivity contribution in [2.75, 3.05) is 0 Å². The lowest BCUT2D eigenvalue weighted by molar-refractivity contribution is 1.64. The lowest BCUT2D eigenvalue weighted by atomic mass is 9.84. The zero-order valence-electron chi connectivity index (χ0n) is 29.1. The SMILES string of the molecule is c1cc(-c2c3ccccc3c(-c3cccc4ccccc34)c3ccccc23)cc(-c2cc3c4ccc5c6ccccc6sc5c4sc3c3ccccc23)c1. The van der Waals surface area contributed by atoms with E-state index in [2.05, 4.69) is 182 Å². The first-order valence-corrected chi connectivity index (χ1v) is 20.1. The zero-order valence-corrected chi connectivity index (χ0v) is 30.8. The summed E-state index contributed by atoms with van der Waals surface area (Å²) in [5.74, 6) is 0. The summed E-state index contributed by atoms with van der Waals surface area (Å²) in [5, 5.41) is 15.6. The minimum Gasteiger partial charge on any atom is -0.134 e. The van der Waals surface area contributed by atoms with Gasteiger partial charge in [-0.3, -0.25) is 0 Å². The molecule has 0 N–H and O–H groups in total. The smallest absolute Gasteiger partial charge is 0.0534 e. The van der Waals surface area contributed by atoms with Crippen molar-refractivity contribution in [3.63, 3.8) is 0 Å². The van der Waals surface area contributed by atoms with Crippen LogP contribution in [0.3, 0.4) is 0 Å². The van der Waals surface area contributed by atoms with Gasteiger partial charge in [0, 0.05) is 36.3 Å². The van der Waals surface area contributed by atoms with Gasteiger partial charge in [-0.05, 0) is 89.3 Å². The van der Waals surface area contributed by atoms with Crippen molar-refractivity contribution < 1.29 is 0 Å². The maximum Gasteiger partial charge on any atom is 0.0534 e. The fourth-order valence-electron chi connectivity index (χ4n) is 9.09. The summed E-state index contributed by atoms with van der Waals surface area (Å²) >= 11 is 3.88. The molecule has 0 aliphatic heterocycles. The summed E-state index contributed by atoms with van der Waals surface area (Å²) in [7, 11) is 0. The molecule has 10 aromatic carbocycles. The summed E-state index contributed by atoms with van der Waals surface area (Å²) < 4.78 is 5.51. The first kappa shape index (κ1) is 30.2. The fraction of sp³-hybridized carbons (Fsp3) is 0. The highest BCUT2D eigenvalue weighted by molar-refractivity contribution is 7.34. The molecule has 2 heterocycles. The van der Waals surface area contributed by atoms with Gasteiger partial charge >= 0.3 is 0 Å². The standard InChI is InChI=1S/C52H30S2/c1-2-17-34-31(13-1)14-12-25-37(34)49-40-22-6-4-20-38(40)48(39-21-5-7-23-41(39)49)33-16-11-15-32(29-33)45-30-46-44-28-27-43-36-19-9-10-26-47(36)53-51(43)52(44)54-50(46)42-24-8-3-18-35(42)45/h1-30H. The van der Waals surface area contributed by atoms with Crippen LogP contribution in [-0.4, -0.2) is 0 Å². The Labute approximate surface area is 319 Å². The summed E-state index contributed by atoms with van der Waals surface area (Å²) in [6.45, 7) is 0. The van der Waals surface area contributed by atoms with E-state index in [1.165, 1.54) is 117 Å². The largest absolute Gasteiger partial charge is 0.134 e. The first-order valence-electron chi connectivity index (χ1n) is 18.5. The molecule has 0 bridgehead atoms. The molecule has 0 saturated carbocycles. The Kier molecular flexibility index (Phi) is 6.48. The molecule has 0 atom stereocenters. The van der Waals surface area contributed by atoms with Crippen LogP contribution in [0, 0.1) is 0 Å². The van der Waals surface area contributed by atoms with E-state index in [-0.39, 0.29) is 0 Å². The molecule has 0 nitrogen and oxygen atoms in total. The second-order valence-corrected chi connectivity index (χ2v) is 16.4. The van der Waals surface area contributed by atoms with E-state index in [0.717, 1.165) is 0 Å². The second-order valence-electron chi connectivity index (χ2n) is 14.3. The van der Waals surface area contributed by atoms with Crippen LogP contribution in [-0.2, 0) is 0 Å². The van der Waals surface area contributed by atoms with E-state index < -0.39 is 0 Å². The Morgan fingerprint density at radius 1 is 0.259 bits per heavy atom. The summed E-state index contributed by atoms with van der Waals surface area (Å²) in [5.41, 5.74) is 7.60. The van der Waals surface area contributed by atoms with Crippen molar-refractivity contribution >= 4 is 106 Å². The Morgan fingerprint density at radius 2 is 0.778 bits per heavy atom. The highest BCUT2D eigenvalue weighted by Gasteiger charge is 2.20. The average Bonchev–Trinajstić information content (AvgIpc) is 3.81. The van der Waals surface area contributed by atoms with Gasteiger partial charge in [0.2, 0.25) is 0 Å². The highest BCUT2D eigenvalue weighted by Crippen LogP contribution is 2.49. The number of rotatable bonds is 3. The van der Waals surface area contributed by atoms with Crippen molar-refractivity contribution in [1.82, 2.24) is 0 Å². The van der Waals surface area contributed by atoms with Crippen molar-refractivity contribution in [2.24, 2.45) is 0 Å². The molecule has 0 fully saturated rings. The molecule has 250 valence electrons. The normalized spacial score (nSPS) is 12.1. The molecule has 12 aromatic rings. The number of hydrogen-bond donors (Lipinski definition) is 0. The van der Waals surface area contributed by atoms with Crippen LogP contribution in [0.15, 0.2) is 182 Å². The third-order valence-corrected chi connectivity index (χ3v) is 14.0. The topological polar surface area (TPSA) is 0 Å². The van der Waals surface area contributed by atoms with Crippen LogP contribution < -0.4 is 0 Å². The van der Waals surface area contributed by atoms with Gasteiger partial charge in [0.25, 0.3) is 0 Å². The minimum atomic E-state index is 1.23. The maximum atomic E-state index is 2.47. The van der Waals surface area contributed by atoms with Gasteiger partial charge < -0.3 is 0 Å². The van der Waals surface area contributed by atoms with Gasteiger partial charge in [-0.25, -0.2) is 0 Å². The molecule has 0 radical (unpaired) electrons. The van der Waals surface area contributed by atoms with Crippen LogP contribution in [0.5, 0.6) is 0 Å². The van der Waals surface area contributed by atoms with E-state index >= 15 is 0 Å². The monoisotopic (exact) mass is 718 g/mol. The third kappa shape index (κ3) is 4.30. The van der Waals surface area contributed by atoms with E-state index in [9.17, 15) is 0 Å². The minimum absolute atomic E-state index is 1.23. The third-order valence-electron chi connectivity index (χ3n) is 11.4. The molecular weight excluding hydrogens is 689 g/mol. The van der Waals surface area contributed by atoms with Crippen LogP contribution in [0.1, 0.15) is 0 Å². The Balaban J connectivity index is 1.12. The van der Waals surface area contributed by atoms with E-state index in [4.69, 9.17) is 0 Å². The fourth-order valence-corrected chi connectivity index (χ4v) is 11.7. The number of thiophene rings is 2. The predicted molar refractivity (Wildman–Crippen MR) is 239 cm³/mol. The molecule has 0 aliphatic carbocycles. The molecule has 0 amide bonds. The van der Waals surface area contributed by atoms with Crippen LogP contribution >= 0.6 is 22.7 Å². The molecule has 2 aromatic heterocycles.